The molecule has 0 aliphatic heterocycles. The van der Waals surface area contributed by atoms with Crippen LogP contribution in [0.4, 0.5) is 17.5 Å². The summed E-state index contributed by atoms with van der Waals surface area (Å²) in [6.45, 7) is 4.84. The molecule has 2 N–H and O–H groups in total. The zero-order valence-electron chi connectivity index (χ0n) is 15.6. The normalized spacial score (nSPS) is 11.3. The van der Waals surface area contributed by atoms with Crippen LogP contribution in [-0.2, 0) is 13.6 Å². The van der Waals surface area contributed by atoms with Crippen LogP contribution >= 0.6 is 0 Å². The van der Waals surface area contributed by atoms with Gasteiger partial charge in [-0.15, -0.1) is 15.3 Å². The van der Waals surface area contributed by atoms with Gasteiger partial charge in [0, 0.05) is 38.0 Å². The lowest BCUT2D eigenvalue weighted by molar-refractivity contribution is 0.722. The number of imidazole rings is 1. The van der Waals surface area contributed by atoms with Crippen LogP contribution < -0.4 is 10.6 Å². The number of benzene rings is 1. The summed E-state index contributed by atoms with van der Waals surface area (Å²) in [5, 5.41) is 20.1. The maximum absolute atomic E-state index is 4.68. The van der Waals surface area contributed by atoms with E-state index in [9.17, 15) is 0 Å². The smallest absolute Gasteiger partial charge is 0.208 e. The standard InChI is InChI=1S/C19H22N8/c1-13(2)17-23-24-18-15(21-12-14-7-5-4-6-8-14)11-16(25-27(17)18)22-19-20-9-10-26(19)3/h4-11,13,21H,12H2,1-3H3,(H,20,22,25). The minimum atomic E-state index is 0.206. The van der Waals surface area contributed by atoms with Crippen molar-refractivity contribution in [3.8, 4) is 0 Å². The van der Waals surface area contributed by atoms with Gasteiger partial charge in [0.05, 0.1) is 5.69 Å². The van der Waals surface area contributed by atoms with E-state index >= 15 is 0 Å². The summed E-state index contributed by atoms with van der Waals surface area (Å²) in [6, 6.07) is 12.2. The Morgan fingerprint density at radius 1 is 1.11 bits per heavy atom. The van der Waals surface area contributed by atoms with Crippen LogP contribution in [0.2, 0.25) is 0 Å². The lowest BCUT2D eigenvalue weighted by atomic mass is 10.2. The molecule has 27 heavy (non-hydrogen) atoms. The van der Waals surface area contributed by atoms with Crippen molar-refractivity contribution >= 4 is 23.1 Å². The SMILES string of the molecule is CC(C)c1nnc2c(NCc3ccccc3)cc(Nc3nccn3C)nn12. The first-order chi connectivity index (χ1) is 13.1. The molecule has 4 aromatic rings. The highest BCUT2D eigenvalue weighted by Crippen LogP contribution is 2.24. The van der Waals surface area contributed by atoms with E-state index in [4.69, 9.17) is 0 Å². The Hall–Kier alpha value is -3.42. The molecule has 3 aromatic heterocycles. The van der Waals surface area contributed by atoms with E-state index in [2.05, 4.69) is 56.9 Å². The average molecular weight is 362 g/mol. The molecule has 0 saturated carbocycles. The Balaban J connectivity index is 1.72. The van der Waals surface area contributed by atoms with Gasteiger partial charge in [-0.1, -0.05) is 44.2 Å². The third kappa shape index (κ3) is 3.46. The number of aryl methyl sites for hydroxylation is 1. The van der Waals surface area contributed by atoms with E-state index in [1.807, 2.05) is 42.1 Å². The number of hydrogen-bond donors (Lipinski definition) is 2. The van der Waals surface area contributed by atoms with Crippen LogP contribution in [0.1, 0.15) is 31.2 Å². The topological polar surface area (TPSA) is 85.0 Å². The van der Waals surface area contributed by atoms with Gasteiger partial charge >= 0.3 is 0 Å². The van der Waals surface area contributed by atoms with Crippen molar-refractivity contribution in [2.45, 2.75) is 26.3 Å². The monoisotopic (exact) mass is 362 g/mol. The summed E-state index contributed by atoms with van der Waals surface area (Å²) >= 11 is 0. The molecule has 0 atom stereocenters. The second-order valence-corrected chi connectivity index (χ2v) is 6.72. The number of anilines is 3. The first-order valence-electron chi connectivity index (χ1n) is 8.90. The number of aromatic nitrogens is 6. The summed E-state index contributed by atoms with van der Waals surface area (Å²) in [5.74, 6) is 2.42. The van der Waals surface area contributed by atoms with Gasteiger partial charge in [-0.25, -0.2) is 4.98 Å². The van der Waals surface area contributed by atoms with Crippen LogP contribution in [0.5, 0.6) is 0 Å². The second kappa shape index (κ2) is 7.06. The molecule has 8 nitrogen and oxygen atoms in total. The first kappa shape index (κ1) is 17.0. The molecule has 1 aromatic carbocycles. The van der Waals surface area contributed by atoms with E-state index in [0.29, 0.717) is 18.0 Å². The minimum absolute atomic E-state index is 0.206. The molecular weight excluding hydrogens is 340 g/mol. The van der Waals surface area contributed by atoms with Crippen molar-refractivity contribution in [2.24, 2.45) is 7.05 Å². The molecule has 4 rings (SSSR count). The summed E-state index contributed by atoms with van der Waals surface area (Å²) in [7, 11) is 1.93. The number of hydrogen-bond acceptors (Lipinski definition) is 6. The number of fused-ring (bicyclic) bond motifs is 1. The highest BCUT2D eigenvalue weighted by Gasteiger charge is 2.16. The highest BCUT2D eigenvalue weighted by molar-refractivity contribution is 5.71. The van der Waals surface area contributed by atoms with Crippen molar-refractivity contribution < 1.29 is 0 Å². The molecule has 0 amide bonds. The van der Waals surface area contributed by atoms with Crippen molar-refractivity contribution in [1.29, 1.82) is 0 Å². The number of nitrogens with one attached hydrogen (secondary N) is 2. The fourth-order valence-corrected chi connectivity index (χ4v) is 2.84. The summed E-state index contributed by atoms with van der Waals surface area (Å²) in [4.78, 5) is 4.31. The summed E-state index contributed by atoms with van der Waals surface area (Å²) in [6.07, 6.45) is 3.63. The van der Waals surface area contributed by atoms with Crippen LogP contribution in [-0.4, -0.2) is 29.4 Å². The molecular formula is C19H22N8. The first-order valence-corrected chi connectivity index (χ1v) is 8.90. The Bertz CT molecular complexity index is 1050. The van der Waals surface area contributed by atoms with E-state index in [1.165, 1.54) is 5.56 Å². The molecule has 0 aliphatic carbocycles. The van der Waals surface area contributed by atoms with Crippen LogP contribution in [0, 0.1) is 0 Å². The van der Waals surface area contributed by atoms with E-state index < -0.39 is 0 Å². The molecule has 0 spiro atoms. The van der Waals surface area contributed by atoms with Crippen molar-refractivity contribution in [2.75, 3.05) is 10.6 Å². The molecule has 0 unspecified atom stereocenters. The van der Waals surface area contributed by atoms with Crippen molar-refractivity contribution in [3.05, 3.63) is 60.2 Å². The van der Waals surface area contributed by atoms with E-state index in [-0.39, 0.29) is 5.92 Å². The van der Waals surface area contributed by atoms with Gasteiger partial charge in [0.1, 0.15) is 0 Å². The molecule has 0 saturated heterocycles. The molecule has 0 bridgehead atoms. The largest absolute Gasteiger partial charge is 0.378 e. The van der Waals surface area contributed by atoms with Crippen LogP contribution in [0.15, 0.2) is 48.8 Å². The average Bonchev–Trinajstić information content (AvgIpc) is 3.27. The van der Waals surface area contributed by atoms with Crippen molar-refractivity contribution in [1.82, 2.24) is 29.4 Å². The third-order valence-corrected chi connectivity index (χ3v) is 4.30. The quantitative estimate of drug-likeness (QED) is 0.547. The van der Waals surface area contributed by atoms with Gasteiger partial charge in [0.25, 0.3) is 0 Å². The molecule has 3 heterocycles. The molecule has 0 fully saturated rings. The maximum atomic E-state index is 4.68. The predicted molar refractivity (Wildman–Crippen MR) is 105 cm³/mol. The van der Waals surface area contributed by atoms with Crippen molar-refractivity contribution in [3.63, 3.8) is 0 Å². The van der Waals surface area contributed by atoms with Gasteiger partial charge in [-0.3, -0.25) is 0 Å². The van der Waals surface area contributed by atoms with Crippen LogP contribution in [0.25, 0.3) is 5.65 Å². The number of rotatable bonds is 6. The minimum Gasteiger partial charge on any atom is -0.378 e. The Kier molecular flexibility index (Phi) is 4.45. The third-order valence-electron chi connectivity index (χ3n) is 4.30. The second-order valence-electron chi connectivity index (χ2n) is 6.72. The maximum Gasteiger partial charge on any atom is 0.208 e. The fraction of sp³-hybridized carbons (Fsp3) is 0.263. The zero-order valence-corrected chi connectivity index (χ0v) is 15.6. The van der Waals surface area contributed by atoms with E-state index in [1.54, 1.807) is 10.7 Å². The lowest BCUT2D eigenvalue weighted by Crippen LogP contribution is -2.09. The lowest BCUT2D eigenvalue weighted by Gasteiger charge is -2.12. The van der Waals surface area contributed by atoms with Crippen LogP contribution in [0.3, 0.4) is 0 Å². The Morgan fingerprint density at radius 3 is 2.63 bits per heavy atom. The summed E-state index contributed by atoms with van der Waals surface area (Å²) < 4.78 is 3.70. The predicted octanol–water partition coefficient (Wildman–Crippen LogP) is 3.34. The van der Waals surface area contributed by atoms with Gasteiger partial charge in [0.15, 0.2) is 11.6 Å². The Labute approximate surface area is 157 Å². The van der Waals surface area contributed by atoms with Gasteiger partial charge in [-0.05, 0) is 5.56 Å². The molecule has 138 valence electrons. The number of nitrogens with zero attached hydrogens (tertiary/aromatic N) is 6. The van der Waals surface area contributed by atoms with Gasteiger partial charge in [0.2, 0.25) is 11.6 Å². The van der Waals surface area contributed by atoms with Gasteiger partial charge < -0.3 is 15.2 Å². The molecule has 0 aliphatic rings. The van der Waals surface area contributed by atoms with E-state index in [0.717, 1.165) is 17.5 Å². The fourth-order valence-electron chi connectivity index (χ4n) is 2.84. The highest BCUT2D eigenvalue weighted by atomic mass is 15.4. The Morgan fingerprint density at radius 2 is 1.93 bits per heavy atom. The zero-order chi connectivity index (χ0) is 18.8. The molecule has 0 radical (unpaired) electrons. The van der Waals surface area contributed by atoms with Gasteiger partial charge in [-0.2, -0.15) is 4.52 Å². The molecule has 8 heteroatoms. The summed E-state index contributed by atoms with van der Waals surface area (Å²) in [5.41, 5.74) is 2.76.